The molecular weight excluding hydrogens is 638 g/mol. The van der Waals surface area contributed by atoms with Crippen LogP contribution in [0.25, 0.3) is 21.8 Å². The molecule has 0 bridgehead atoms. The molecule has 164 valence electrons. The van der Waals surface area contributed by atoms with Crippen LogP contribution in [0.5, 0.6) is 5.75 Å². The first-order valence-corrected chi connectivity index (χ1v) is 12.5. The number of nitrogens with one attached hydrogen (secondary N) is 1. The van der Waals surface area contributed by atoms with Gasteiger partial charge in [0.2, 0.25) is 5.95 Å². The van der Waals surface area contributed by atoms with E-state index in [1.807, 2.05) is 35.9 Å². The van der Waals surface area contributed by atoms with Crippen LogP contribution in [0.15, 0.2) is 84.0 Å². The highest BCUT2D eigenvalue weighted by atomic mass is 127. The number of imidazole rings is 1. The van der Waals surface area contributed by atoms with Crippen LogP contribution >= 0.6 is 45.2 Å². The fourth-order valence-corrected chi connectivity index (χ4v) is 5.90. The van der Waals surface area contributed by atoms with Crippen molar-refractivity contribution in [3.05, 3.63) is 97.1 Å². The Balaban J connectivity index is 1.31. The zero-order chi connectivity index (χ0) is 22.8. The highest BCUT2D eigenvalue weighted by Crippen LogP contribution is 2.30. The molecule has 0 saturated heterocycles. The SMILES string of the molecule is Cn1c(N/N=C\c2cc(I)c(OCc3cccc4ccccc34)c(I)c2)nc2ccccc21. The van der Waals surface area contributed by atoms with E-state index in [9.17, 15) is 0 Å². The summed E-state index contributed by atoms with van der Waals surface area (Å²) in [6, 6.07) is 26.9. The van der Waals surface area contributed by atoms with Gasteiger partial charge in [0.05, 0.1) is 24.4 Å². The monoisotopic (exact) mass is 658 g/mol. The first kappa shape index (κ1) is 22.1. The summed E-state index contributed by atoms with van der Waals surface area (Å²) >= 11 is 4.64. The van der Waals surface area contributed by atoms with Gasteiger partial charge in [-0.25, -0.2) is 10.4 Å². The first-order chi connectivity index (χ1) is 16.1. The molecule has 5 aromatic rings. The van der Waals surface area contributed by atoms with Crippen molar-refractivity contribution in [2.75, 3.05) is 5.43 Å². The molecule has 0 aliphatic rings. The molecule has 0 aliphatic heterocycles. The van der Waals surface area contributed by atoms with Crippen LogP contribution in [0.4, 0.5) is 5.95 Å². The molecule has 5 nitrogen and oxygen atoms in total. The van der Waals surface area contributed by atoms with Gasteiger partial charge in [0.1, 0.15) is 12.4 Å². The van der Waals surface area contributed by atoms with E-state index < -0.39 is 0 Å². The Morgan fingerprint density at radius 1 is 0.970 bits per heavy atom. The van der Waals surface area contributed by atoms with E-state index in [0.29, 0.717) is 12.6 Å². The van der Waals surface area contributed by atoms with Gasteiger partial charge in [0, 0.05) is 7.05 Å². The van der Waals surface area contributed by atoms with Crippen molar-refractivity contribution in [2.24, 2.45) is 12.1 Å². The number of halogens is 2. The van der Waals surface area contributed by atoms with Crippen LogP contribution in [0.1, 0.15) is 11.1 Å². The minimum absolute atomic E-state index is 0.523. The molecule has 0 saturated carbocycles. The van der Waals surface area contributed by atoms with Gasteiger partial charge in [-0.15, -0.1) is 0 Å². The van der Waals surface area contributed by atoms with Crippen LogP contribution in [0.2, 0.25) is 0 Å². The molecule has 1 aromatic heterocycles. The lowest BCUT2D eigenvalue weighted by Gasteiger charge is -2.13. The summed E-state index contributed by atoms with van der Waals surface area (Å²) in [4.78, 5) is 4.58. The number of nitrogens with zero attached hydrogens (tertiary/aromatic N) is 3. The Kier molecular flexibility index (Phi) is 6.50. The third-order valence-electron chi connectivity index (χ3n) is 5.44. The number of fused-ring (bicyclic) bond motifs is 2. The predicted octanol–water partition coefficient (Wildman–Crippen LogP) is 6.96. The second-order valence-electron chi connectivity index (χ2n) is 7.59. The normalized spacial score (nSPS) is 11.5. The van der Waals surface area contributed by atoms with E-state index in [1.54, 1.807) is 6.21 Å². The molecule has 4 aromatic carbocycles. The summed E-state index contributed by atoms with van der Waals surface area (Å²) in [5, 5.41) is 6.85. The minimum atomic E-state index is 0.523. The van der Waals surface area contributed by atoms with Gasteiger partial charge in [-0.2, -0.15) is 5.10 Å². The van der Waals surface area contributed by atoms with Crippen LogP contribution in [0.3, 0.4) is 0 Å². The molecule has 33 heavy (non-hydrogen) atoms. The van der Waals surface area contributed by atoms with Gasteiger partial charge >= 0.3 is 0 Å². The van der Waals surface area contributed by atoms with Crippen molar-refractivity contribution in [1.82, 2.24) is 9.55 Å². The maximum absolute atomic E-state index is 6.25. The van der Waals surface area contributed by atoms with E-state index >= 15 is 0 Å². The molecule has 0 fully saturated rings. The average Bonchev–Trinajstić information content (AvgIpc) is 3.14. The molecule has 0 atom stereocenters. The number of hydrogen-bond donors (Lipinski definition) is 1. The van der Waals surface area contributed by atoms with Crippen molar-refractivity contribution in [2.45, 2.75) is 6.61 Å². The molecule has 7 heteroatoms. The Bertz CT molecular complexity index is 1460. The van der Waals surface area contributed by atoms with E-state index in [-0.39, 0.29) is 0 Å². The molecule has 1 N–H and O–H groups in total. The molecule has 0 amide bonds. The molecule has 1 heterocycles. The van der Waals surface area contributed by atoms with Crippen LogP contribution in [-0.4, -0.2) is 15.8 Å². The van der Waals surface area contributed by atoms with Gasteiger partial charge in [0.25, 0.3) is 0 Å². The minimum Gasteiger partial charge on any atom is -0.487 e. The summed E-state index contributed by atoms with van der Waals surface area (Å²) in [6.07, 6.45) is 1.80. The van der Waals surface area contributed by atoms with Gasteiger partial charge in [-0.3, -0.25) is 0 Å². The Morgan fingerprint density at radius 3 is 2.52 bits per heavy atom. The average molecular weight is 658 g/mol. The largest absolute Gasteiger partial charge is 0.487 e. The number of aryl methyl sites for hydroxylation is 1. The number of benzene rings is 4. The molecule has 0 radical (unpaired) electrons. The summed E-state index contributed by atoms with van der Waals surface area (Å²) in [5.41, 5.74) is 7.23. The number of aromatic nitrogens is 2. The summed E-state index contributed by atoms with van der Waals surface area (Å²) in [7, 11) is 1.97. The zero-order valence-corrected chi connectivity index (χ0v) is 22.1. The van der Waals surface area contributed by atoms with E-state index in [2.05, 4.69) is 115 Å². The summed E-state index contributed by atoms with van der Waals surface area (Å²) in [6.45, 7) is 0.523. The van der Waals surface area contributed by atoms with Crippen LogP contribution in [-0.2, 0) is 13.7 Å². The van der Waals surface area contributed by atoms with Crippen molar-refractivity contribution in [3.63, 3.8) is 0 Å². The maximum Gasteiger partial charge on any atom is 0.224 e. The van der Waals surface area contributed by atoms with Crippen molar-refractivity contribution in [1.29, 1.82) is 0 Å². The van der Waals surface area contributed by atoms with Gasteiger partial charge in [-0.1, -0.05) is 54.6 Å². The highest BCUT2D eigenvalue weighted by Gasteiger charge is 2.10. The van der Waals surface area contributed by atoms with Gasteiger partial charge < -0.3 is 9.30 Å². The second kappa shape index (κ2) is 9.68. The van der Waals surface area contributed by atoms with Crippen LogP contribution < -0.4 is 10.2 Å². The van der Waals surface area contributed by atoms with E-state index in [0.717, 1.165) is 29.5 Å². The van der Waals surface area contributed by atoms with Gasteiger partial charge in [-0.05, 0) is 91.3 Å². The summed E-state index contributed by atoms with van der Waals surface area (Å²) < 4.78 is 10.3. The number of anilines is 1. The van der Waals surface area contributed by atoms with E-state index in [1.165, 1.54) is 16.3 Å². The van der Waals surface area contributed by atoms with Crippen molar-refractivity contribution < 1.29 is 4.74 Å². The second-order valence-corrected chi connectivity index (χ2v) is 9.92. The standard InChI is InChI=1S/C26H20I2N4O/c1-32-24-12-5-4-11-23(24)30-26(32)31-29-15-17-13-21(27)25(22(28)14-17)33-16-19-9-6-8-18-7-2-3-10-20(18)19/h2-15H,16H2,1H3,(H,30,31)/b29-15-. The Morgan fingerprint density at radius 2 is 1.70 bits per heavy atom. The zero-order valence-electron chi connectivity index (χ0n) is 17.8. The Labute approximate surface area is 219 Å². The lowest BCUT2D eigenvalue weighted by Crippen LogP contribution is -2.02. The molecule has 5 rings (SSSR count). The lowest BCUT2D eigenvalue weighted by atomic mass is 10.1. The quantitative estimate of drug-likeness (QED) is 0.122. The molecule has 0 aliphatic carbocycles. The molecular formula is C26H20I2N4O. The number of hydrazone groups is 1. The lowest BCUT2D eigenvalue weighted by molar-refractivity contribution is 0.303. The van der Waals surface area contributed by atoms with Crippen molar-refractivity contribution >= 4 is 79.2 Å². The third-order valence-corrected chi connectivity index (χ3v) is 7.04. The highest BCUT2D eigenvalue weighted by molar-refractivity contribution is 14.1. The van der Waals surface area contributed by atoms with E-state index in [4.69, 9.17) is 4.74 Å². The fourth-order valence-electron chi connectivity index (χ4n) is 3.77. The number of rotatable bonds is 6. The Hall–Kier alpha value is -2.66. The van der Waals surface area contributed by atoms with Crippen LogP contribution in [0, 0.1) is 7.14 Å². The molecule has 0 unspecified atom stereocenters. The summed E-state index contributed by atoms with van der Waals surface area (Å²) in [5.74, 6) is 1.59. The topological polar surface area (TPSA) is 51.4 Å². The first-order valence-electron chi connectivity index (χ1n) is 10.4. The number of para-hydroxylation sites is 2. The smallest absolute Gasteiger partial charge is 0.224 e. The fraction of sp³-hybridized carbons (Fsp3) is 0.0769. The van der Waals surface area contributed by atoms with Gasteiger partial charge in [0.15, 0.2) is 0 Å². The number of ether oxygens (including phenoxy) is 1. The predicted molar refractivity (Wildman–Crippen MR) is 152 cm³/mol. The third kappa shape index (κ3) is 4.70. The molecule has 0 spiro atoms. The maximum atomic E-state index is 6.25. The number of hydrogen-bond acceptors (Lipinski definition) is 4. The van der Waals surface area contributed by atoms with Crippen molar-refractivity contribution in [3.8, 4) is 5.75 Å².